The average molecular weight is 391 g/mol. The number of anilines is 1. The van der Waals surface area contributed by atoms with Gasteiger partial charge in [-0.25, -0.2) is 0 Å². The van der Waals surface area contributed by atoms with E-state index in [-0.39, 0.29) is 5.91 Å². The predicted octanol–water partition coefficient (Wildman–Crippen LogP) is 3.26. The first-order chi connectivity index (χ1) is 11.1. The van der Waals surface area contributed by atoms with Crippen molar-refractivity contribution in [2.24, 2.45) is 4.99 Å². The molecule has 1 radical (unpaired) electrons. The quantitative estimate of drug-likeness (QED) is 0.596. The third-order valence-electron chi connectivity index (χ3n) is 3.31. The number of rotatable bonds is 3. The van der Waals surface area contributed by atoms with Crippen molar-refractivity contribution in [3.05, 3.63) is 64.8 Å². The van der Waals surface area contributed by atoms with Gasteiger partial charge in [0.25, 0.3) is 0 Å². The Bertz CT molecular complexity index is 816. The van der Waals surface area contributed by atoms with Gasteiger partial charge in [-0.3, -0.25) is 0 Å². The molecule has 2 aromatic carbocycles. The molecule has 0 saturated carbocycles. The van der Waals surface area contributed by atoms with Gasteiger partial charge in [0.2, 0.25) is 0 Å². The summed E-state index contributed by atoms with van der Waals surface area (Å²) in [5, 5.41) is 0.615. The van der Waals surface area contributed by atoms with E-state index >= 15 is 0 Å². The number of amidine groups is 1. The van der Waals surface area contributed by atoms with Crippen LogP contribution in [0.15, 0.2) is 59.2 Å². The molecule has 4 nitrogen and oxygen atoms in total. The molecule has 0 fully saturated rings. The van der Waals surface area contributed by atoms with Crippen LogP contribution in [0.3, 0.4) is 0 Å². The standard InChI is InChI=1S/C17H12ClN2O2Se/c1-22-14-7-5-13(6-8-14)20-16(21)15(19-17(20)23)10-11-3-2-4-12(18)9-11/h2-10H,1H3/b15-10-. The van der Waals surface area contributed by atoms with Crippen LogP contribution < -0.4 is 9.64 Å². The summed E-state index contributed by atoms with van der Waals surface area (Å²) in [4.78, 5) is 18.5. The van der Waals surface area contributed by atoms with Gasteiger partial charge in [-0.15, -0.1) is 0 Å². The number of ether oxygens (including phenoxy) is 1. The van der Waals surface area contributed by atoms with Gasteiger partial charge in [0.15, 0.2) is 0 Å². The molecule has 0 N–H and O–H groups in total. The molecule has 0 unspecified atom stereocenters. The second-order valence-electron chi connectivity index (χ2n) is 4.82. The van der Waals surface area contributed by atoms with Crippen LogP contribution in [0.2, 0.25) is 5.02 Å². The number of hydrogen-bond donors (Lipinski definition) is 0. The Balaban J connectivity index is 1.91. The van der Waals surface area contributed by atoms with Crippen molar-refractivity contribution < 1.29 is 9.53 Å². The topological polar surface area (TPSA) is 41.9 Å². The van der Waals surface area contributed by atoms with Crippen molar-refractivity contribution >= 4 is 50.0 Å². The molecule has 0 spiro atoms. The SMILES string of the molecule is COc1ccc(N2C(=O)/C(=C/c3cccc(Cl)c3)N=C2[Se])cc1. The van der Waals surface area contributed by atoms with Crippen molar-refractivity contribution in [1.29, 1.82) is 0 Å². The van der Waals surface area contributed by atoms with E-state index in [1.165, 1.54) is 4.90 Å². The molecule has 3 rings (SSSR count). The van der Waals surface area contributed by atoms with Crippen LogP contribution >= 0.6 is 11.6 Å². The molecule has 115 valence electrons. The van der Waals surface area contributed by atoms with Crippen molar-refractivity contribution in [2.75, 3.05) is 12.0 Å². The number of amides is 1. The van der Waals surface area contributed by atoms with E-state index in [2.05, 4.69) is 21.0 Å². The molecule has 1 aliphatic heterocycles. The third-order valence-corrected chi connectivity index (χ3v) is 4.12. The molecule has 0 aromatic heterocycles. The number of carbonyl (C=O) groups is 1. The second-order valence-corrected chi connectivity index (χ2v) is 6.02. The Morgan fingerprint density at radius 1 is 1.22 bits per heavy atom. The first-order valence-corrected chi connectivity index (χ1v) is 8.03. The van der Waals surface area contributed by atoms with Gasteiger partial charge in [-0.2, -0.15) is 0 Å². The molecule has 2 aromatic rings. The van der Waals surface area contributed by atoms with Crippen LogP contribution in [-0.4, -0.2) is 33.8 Å². The van der Waals surface area contributed by atoms with Crippen LogP contribution in [0.25, 0.3) is 6.08 Å². The molecule has 0 aliphatic carbocycles. The summed E-state index contributed by atoms with van der Waals surface area (Å²) < 4.78 is 5.64. The molecular weight excluding hydrogens is 379 g/mol. The van der Waals surface area contributed by atoms with Crippen LogP contribution in [0.1, 0.15) is 5.56 Å². The van der Waals surface area contributed by atoms with Gasteiger partial charge in [-0.05, 0) is 0 Å². The first kappa shape index (κ1) is 15.8. The van der Waals surface area contributed by atoms with Crippen LogP contribution in [0.4, 0.5) is 5.69 Å². The van der Waals surface area contributed by atoms with E-state index in [0.29, 0.717) is 15.5 Å². The van der Waals surface area contributed by atoms with Gasteiger partial charge in [-0.1, -0.05) is 0 Å². The Morgan fingerprint density at radius 3 is 2.61 bits per heavy atom. The van der Waals surface area contributed by atoms with E-state index < -0.39 is 0 Å². The van der Waals surface area contributed by atoms with Crippen LogP contribution in [-0.2, 0) is 4.79 Å². The van der Waals surface area contributed by atoms with E-state index in [9.17, 15) is 4.79 Å². The van der Waals surface area contributed by atoms with E-state index in [1.807, 2.05) is 24.3 Å². The minimum absolute atomic E-state index is 0.191. The summed E-state index contributed by atoms with van der Waals surface area (Å²) in [6.07, 6.45) is 1.72. The maximum atomic E-state index is 12.6. The Morgan fingerprint density at radius 2 is 1.96 bits per heavy atom. The Kier molecular flexibility index (Phi) is 4.53. The zero-order valence-corrected chi connectivity index (χ0v) is 14.7. The predicted molar refractivity (Wildman–Crippen MR) is 93.1 cm³/mol. The molecule has 0 atom stereocenters. The Labute approximate surface area is 147 Å². The number of hydrogen-bond acceptors (Lipinski definition) is 3. The van der Waals surface area contributed by atoms with E-state index in [4.69, 9.17) is 16.3 Å². The zero-order valence-electron chi connectivity index (χ0n) is 12.2. The van der Waals surface area contributed by atoms with Gasteiger partial charge < -0.3 is 0 Å². The van der Waals surface area contributed by atoms with Gasteiger partial charge >= 0.3 is 147 Å². The Hall–Kier alpha value is -2.07. The summed E-state index contributed by atoms with van der Waals surface area (Å²) in [6, 6.07) is 14.5. The van der Waals surface area contributed by atoms with Crippen LogP contribution in [0.5, 0.6) is 5.75 Å². The summed E-state index contributed by atoms with van der Waals surface area (Å²) in [5.41, 5.74) is 1.91. The van der Waals surface area contributed by atoms with Crippen LogP contribution in [0, 0.1) is 0 Å². The summed E-state index contributed by atoms with van der Waals surface area (Å²) in [6.45, 7) is 0. The number of benzene rings is 2. The molecule has 1 heterocycles. The summed E-state index contributed by atoms with van der Waals surface area (Å²) in [5.74, 6) is 0.539. The number of carbonyl (C=O) groups excluding carboxylic acids is 1. The van der Waals surface area contributed by atoms with Gasteiger partial charge in [0, 0.05) is 0 Å². The molecule has 1 aliphatic rings. The number of nitrogens with zero attached hydrogens (tertiary/aromatic N) is 2. The minimum atomic E-state index is -0.191. The van der Waals surface area contributed by atoms with E-state index in [1.54, 1.807) is 37.5 Å². The maximum absolute atomic E-state index is 12.6. The van der Waals surface area contributed by atoms with E-state index in [0.717, 1.165) is 17.0 Å². The monoisotopic (exact) mass is 391 g/mol. The molecular formula is C17H12ClN2O2Se. The fraction of sp³-hybridized carbons (Fsp3) is 0.0588. The molecule has 23 heavy (non-hydrogen) atoms. The normalized spacial score (nSPS) is 15.9. The van der Waals surface area contributed by atoms with Gasteiger partial charge in [0.1, 0.15) is 0 Å². The number of halogens is 1. The first-order valence-electron chi connectivity index (χ1n) is 6.80. The zero-order chi connectivity index (χ0) is 16.4. The molecule has 1 amide bonds. The van der Waals surface area contributed by atoms with Crippen molar-refractivity contribution in [3.8, 4) is 5.75 Å². The van der Waals surface area contributed by atoms with Gasteiger partial charge in [0.05, 0.1) is 0 Å². The van der Waals surface area contributed by atoms with Crippen molar-refractivity contribution in [2.45, 2.75) is 0 Å². The second kappa shape index (κ2) is 6.59. The van der Waals surface area contributed by atoms with Crippen molar-refractivity contribution in [3.63, 3.8) is 0 Å². The fourth-order valence-electron chi connectivity index (χ4n) is 2.21. The number of aliphatic imine (C=N–C) groups is 1. The molecule has 6 heteroatoms. The van der Waals surface area contributed by atoms with Crippen molar-refractivity contribution in [1.82, 2.24) is 0 Å². The summed E-state index contributed by atoms with van der Waals surface area (Å²) in [7, 11) is 1.60. The third kappa shape index (κ3) is 3.32. The molecule has 0 saturated heterocycles. The fourth-order valence-corrected chi connectivity index (χ4v) is 3.01. The summed E-state index contributed by atoms with van der Waals surface area (Å²) >= 11 is 8.80. The number of methoxy groups -OCH3 is 1. The molecule has 0 bridgehead atoms. The average Bonchev–Trinajstić information content (AvgIpc) is 2.81.